The summed E-state index contributed by atoms with van der Waals surface area (Å²) in [7, 11) is 0. The maximum Gasteiger partial charge on any atom is 0.269 e. The molecule has 37 heavy (non-hydrogen) atoms. The Labute approximate surface area is 231 Å². The first-order valence-corrected chi connectivity index (χ1v) is 13.6. The Balaban J connectivity index is 0.000000152. The second-order valence-electron chi connectivity index (χ2n) is 7.62. The molecule has 0 spiro atoms. The Hall–Kier alpha value is -3.43. The van der Waals surface area contributed by atoms with Gasteiger partial charge in [-0.25, -0.2) is 0 Å². The molecule has 0 atom stereocenters. The second-order valence-corrected chi connectivity index (χ2v) is 11.3. The van der Waals surface area contributed by atoms with Gasteiger partial charge < -0.3 is 18.9 Å². The molecule has 10 nitrogen and oxygen atoms in total. The molecule has 4 aromatic rings. The molecule has 0 saturated heterocycles. The van der Waals surface area contributed by atoms with Gasteiger partial charge in [0, 0.05) is 29.6 Å². The van der Waals surface area contributed by atoms with Crippen molar-refractivity contribution in [2.45, 2.75) is 0 Å². The van der Waals surface area contributed by atoms with Gasteiger partial charge in [0.15, 0.2) is 23.0 Å². The number of hydrogen-bond donors (Lipinski definition) is 0. The second kappa shape index (κ2) is 10.9. The topological polar surface area (TPSA) is 123 Å². The Kier molecular flexibility index (Phi) is 7.43. The summed E-state index contributed by atoms with van der Waals surface area (Å²) in [6.07, 6.45) is 0. The average Bonchev–Trinajstić information content (AvgIpc) is 3.51. The number of benzene rings is 2. The fourth-order valence-electron chi connectivity index (χ4n) is 3.64. The van der Waals surface area contributed by atoms with Crippen LogP contribution >= 0.6 is 45.3 Å². The van der Waals surface area contributed by atoms with Crippen LogP contribution in [0.4, 0.5) is 11.4 Å². The van der Waals surface area contributed by atoms with Crippen molar-refractivity contribution in [1.82, 2.24) is 0 Å². The van der Waals surface area contributed by atoms with Gasteiger partial charge in [-0.15, -0.1) is 22.7 Å². The van der Waals surface area contributed by atoms with E-state index in [1.807, 2.05) is 5.38 Å². The third-order valence-electron chi connectivity index (χ3n) is 5.34. The van der Waals surface area contributed by atoms with E-state index in [1.54, 1.807) is 35.6 Å². The molecule has 2 aliphatic rings. The van der Waals surface area contributed by atoms with E-state index in [0.29, 0.717) is 26.4 Å². The largest absolute Gasteiger partial charge is 0.485 e. The first-order valence-electron chi connectivity index (χ1n) is 10.9. The fourth-order valence-corrected chi connectivity index (χ4v) is 6.56. The lowest BCUT2D eigenvalue weighted by atomic mass is 10.1. The van der Waals surface area contributed by atoms with Gasteiger partial charge in [-0.2, -0.15) is 0 Å². The van der Waals surface area contributed by atoms with Crippen molar-refractivity contribution in [2.24, 2.45) is 0 Å². The molecule has 2 aromatic carbocycles. The zero-order valence-corrected chi connectivity index (χ0v) is 22.7. The molecule has 0 radical (unpaired) electrons. The minimum atomic E-state index is -0.409. The normalized spacial score (nSPS) is 13.3. The molecule has 0 bridgehead atoms. The van der Waals surface area contributed by atoms with Gasteiger partial charge in [0.05, 0.1) is 19.6 Å². The fraction of sp³-hybridized carbons (Fsp3) is 0.167. The number of nitrogens with zero attached hydrogens (tertiary/aromatic N) is 2. The van der Waals surface area contributed by atoms with Crippen molar-refractivity contribution in [3.05, 3.63) is 77.0 Å². The van der Waals surface area contributed by atoms with E-state index in [1.165, 1.54) is 35.6 Å². The number of halogens is 1. The number of nitro benzene ring substituents is 2. The molecule has 0 aliphatic carbocycles. The van der Waals surface area contributed by atoms with Gasteiger partial charge in [-0.3, -0.25) is 20.2 Å². The van der Waals surface area contributed by atoms with Crippen LogP contribution in [0.25, 0.3) is 20.9 Å². The van der Waals surface area contributed by atoms with Crippen LogP contribution in [-0.2, 0) is 0 Å². The van der Waals surface area contributed by atoms with Gasteiger partial charge in [-0.05, 0) is 58.0 Å². The van der Waals surface area contributed by atoms with E-state index in [2.05, 4.69) is 22.6 Å². The third kappa shape index (κ3) is 5.33. The molecule has 0 unspecified atom stereocenters. The molecule has 0 saturated carbocycles. The number of ether oxygens (including phenoxy) is 4. The Bertz CT molecular complexity index is 1450. The zero-order chi connectivity index (χ0) is 25.9. The van der Waals surface area contributed by atoms with E-state index in [9.17, 15) is 20.2 Å². The predicted octanol–water partition coefficient (Wildman–Crippen LogP) is 6.79. The summed E-state index contributed by atoms with van der Waals surface area (Å²) in [4.78, 5) is 22.3. The standard InChI is InChI=1S/C12H8INO4S.C12H9NO4S/c13-12-10-9(17-5-6-18-10)11(19-12)7-1-3-8(4-2-7)14(15)16;14-13(15)9-3-1-8(2-4-9)12-11-10(7-18-12)16-5-6-17-11/h1-4H,5-6H2;1-4,7H,5-6H2. The van der Waals surface area contributed by atoms with Crippen molar-refractivity contribution in [3.63, 3.8) is 0 Å². The molecule has 190 valence electrons. The minimum Gasteiger partial charge on any atom is -0.485 e. The van der Waals surface area contributed by atoms with Crippen LogP contribution in [0.2, 0.25) is 0 Å². The van der Waals surface area contributed by atoms with Gasteiger partial charge in [0.25, 0.3) is 11.4 Å². The quantitative estimate of drug-likeness (QED) is 0.134. The number of rotatable bonds is 4. The van der Waals surface area contributed by atoms with E-state index < -0.39 is 9.85 Å². The van der Waals surface area contributed by atoms with Crippen LogP contribution in [0.5, 0.6) is 23.0 Å². The maximum absolute atomic E-state index is 10.6. The van der Waals surface area contributed by atoms with Crippen molar-refractivity contribution in [1.29, 1.82) is 0 Å². The summed E-state index contributed by atoms with van der Waals surface area (Å²) in [5.41, 5.74) is 1.97. The minimum absolute atomic E-state index is 0.0843. The number of fused-ring (bicyclic) bond motifs is 2. The van der Waals surface area contributed by atoms with E-state index in [0.717, 1.165) is 46.8 Å². The Morgan fingerprint density at radius 2 is 1.16 bits per heavy atom. The monoisotopic (exact) mass is 652 g/mol. The van der Waals surface area contributed by atoms with Gasteiger partial charge in [0.1, 0.15) is 29.3 Å². The number of nitro groups is 2. The lowest BCUT2D eigenvalue weighted by Crippen LogP contribution is -2.14. The van der Waals surface area contributed by atoms with E-state index in [-0.39, 0.29) is 11.4 Å². The lowest BCUT2D eigenvalue weighted by molar-refractivity contribution is -0.385. The molecular weight excluding hydrogens is 635 g/mol. The Morgan fingerprint density at radius 3 is 1.73 bits per heavy atom. The van der Waals surface area contributed by atoms with Crippen LogP contribution in [0, 0.1) is 23.1 Å². The summed E-state index contributed by atoms with van der Waals surface area (Å²) < 4.78 is 23.3. The highest BCUT2D eigenvalue weighted by atomic mass is 127. The first-order chi connectivity index (χ1) is 17.9. The lowest BCUT2D eigenvalue weighted by Gasteiger charge is -2.16. The predicted molar refractivity (Wildman–Crippen MR) is 148 cm³/mol. The molecule has 6 rings (SSSR count). The van der Waals surface area contributed by atoms with Crippen molar-refractivity contribution >= 4 is 56.6 Å². The van der Waals surface area contributed by atoms with Gasteiger partial charge >= 0.3 is 0 Å². The summed E-state index contributed by atoms with van der Waals surface area (Å²) in [5, 5.41) is 23.1. The molecule has 0 fully saturated rings. The van der Waals surface area contributed by atoms with Crippen molar-refractivity contribution < 1.29 is 28.8 Å². The highest BCUT2D eigenvalue weighted by molar-refractivity contribution is 14.1. The average molecular weight is 652 g/mol. The van der Waals surface area contributed by atoms with Crippen LogP contribution < -0.4 is 18.9 Å². The molecule has 4 heterocycles. The van der Waals surface area contributed by atoms with E-state index >= 15 is 0 Å². The zero-order valence-electron chi connectivity index (χ0n) is 18.9. The first kappa shape index (κ1) is 25.2. The van der Waals surface area contributed by atoms with Crippen LogP contribution in [0.3, 0.4) is 0 Å². The number of thiophene rings is 2. The molecule has 2 aromatic heterocycles. The van der Waals surface area contributed by atoms with Crippen molar-refractivity contribution in [3.8, 4) is 43.9 Å². The third-order valence-corrected chi connectivity index (χ3v) is 8.47. The smallest absolute Gasteiger partial charge is 0.269 e. The molecule has 0 N–H and O–H groups in total. The van der Waals surface area contributed by atoms with Crippen molar-refractivity contribution in [2.75, 3.05) is 26.4 Å². The van der Waals surface area contributed by atoms with Crippen LogP contribution in [-0.4, -0.2) is 36.3 Å². The summed E-state index contributed by atoms with van der Waals surface area (Å²) in [5.74, 6) is 3.01. The van der Waals surface area contributed by atoms with E-state index in [4.69, 9.17) is 18.9 Å². The molecule has 13 heteroatoms. The highest BCUT2D eigenvalue weighted by Crippen LogP contribution is 2.50. The number of hydrogen-bond acceptors (Lipinski definition) is 10. The number of non-ortho nitro benzene ring substituents is 2. The maximum atomic E-state index is 10.6. The van der Waals surface area contributed by atoms with Gasteiger partial charge in [-0.1, -0.05) is 0 Å². The van der Waals surface area contributed by atoms with Gasteiger partial charge in [0.2, 0.25) is 0 Å². The Morgan fingerprint density at radius 1 is 0.676 bits per heavy atom. The summed E-state index contributed by atoms with van der Waals surface area (Å²) in [6, 6.07) is 12.9. The van der Waals surface area contributed by atoms with Crippen LogP contribution in [0.1, 0.15) is 0 Å². The molecular formula is C24H17IN2O8S2. The highest BCUT2D eigenvalue weighted by Gasteiger charge is 2.24. The SMILES string of the molecule is O=[N+]([O-])c1ccc(-c2sc(I)c3c2OCCO3)cc1.O=[N+]([O-])c1ccc(-c2scc3c2OCCO3)cc1. The molecule has 0 amide bonds. The summed E-state index contributed by atoms with van der Waals surface area (Å²) in [6.45, 7) is 2.17. The summed E-state index contributed by atoms with van der Waals surface area (Å²) >= 11 is 5.29. The molecule has 2 aliphatic heterocycles. The van der Waals surface area contributed by atoms with Crippen LogP contribution in [0.15, 0.2) is 53.9 Å².